The Labute approximate surface area is 147 Å². The molecule has 0 aromatic carbocycles. The zero-order valence-corrected chi connectivity index (χ0v) is 14.8. The van der Waals surface area contributed by atoms with E-state index in [1.165, 1.54) is 0 Å². The number of hydrogen-bond donors (Lipinski definition) is 0. The molecule has 2 fully saturated rings. The van der Waals surface area contributed by atoms with E-state index in [0.29, 0.717) is 24.3 Å². The van der Waals surface area contributed by atoms with E-state index in [2.05, 4.69) is 17.1 Å². The van der Waals surface area contributed by atoms with Gasteiger partial charge in [-0.2, -0.15) is 0 Å². The molecule has 0 N–H and O–H groups in total. The molecule has 0 radical (unpaired) electrons. The number of aromatic nitrogens is 3. The van der Waals surface area contributed by atoms with Crippen LogP contribution in [-0.4, -0.2) is 39.2 Å². The Morgan fingerprint density at radius 1 is 1.44 bits per heavy atom. The summed E-state index contributed by atoms with van der Waals surface area (Å²) in [5.74, 6) is 1.50. The van der Waals surface area contributed by atoms with Gasteiger partial charge in [-0.15, -0.1) is 10.2 Å². The topological polar surface area (TPSA) is 73.4 Å². The number of aryl methyl sites for hydroxylation is 1. The van der Waals surface area contributed by atoms with E-state index >= 15 is 0 Å². The Balaban J connectivity index is 1.66. The highest BCUT2D eigenvalue weighted by molar-refractivity contribution is 5.93. The van der Waals surface area contributed by atoms with Gasteiger partial charge in [0.25, 0.3) is 5.91 Å². The van der Waals surface area contributed by atoms with E-state index in [9.17, 15) is 4.79 Å². The highest BCUT2D eigenvalue weighted by Gasteiger charge is 2.61. The summed E-state index contributed by atoms with van der Waals surface area (Å²) in [7, 11) is 1.60. The van der Waals surface area contributed by atoms with Crippen molar-refractivity contribution in [2.24, 2.45) is 5.92 Å². The average Bonchev–Trinajstić information content (AvgIpc) is 3.27. The number of amides is 1. The van der Waals surface area contributed by atoms with Crippen LogP contribution in [0.15, 0.2) is 22.7 Å². The number of nitrogens with zero attached hydrogens (tertiary/aromatic N) is 4. The molecule has 1 aliphatic carbocycles. The van der Waals surface area contributed by atoms with Gasteiger partial charge in [-0.1, -0.05) is 6.92 Å². The quantitative estimate of drug-likeness (QED) is 0.805. The fourth-order valence-corrected chi connectivity index (χ4v) is 4.32. The van der Waals surface area contributed by atoms with E-state index in [1.54, 1.807) is 7.11 Å². The summed E-state index contributed by atoms with van der Waals surface area (Å²) in [6.07, 6.45) is 5.93. The second-order valence-electron chi connectivity index (χ2n) is 6.93. The molecule has 1 aliphatic heterocycles. The summed E-state index contributed by atoms with van der Waals surface area (Å²) in [6.45, 7) is 3.99. The molecular weight excluding hydrogens is 320 g/mol. The molecule has 7 heteroatoms. The lowest BCUT2D eigenvalue weighted by molar-refractivity contribution is -0.00523. The summed E-state index contributed by atoms with van der Waals surface area (Å²) >= 11 is 0. The predicted octanol–water partition coefficient (Wildman–Crippen LogP) is 2.58. The number of methoxy groups -OCH3 is 1. The molecule has 25 heavy (non-hydrogen) atoms. The van der Waals surface area contributed by atoms with E-state index in [-0.39, 0.29) is 5.91 Å². The van der Waals surface area contributed by atoms with Gasteiger partial charge in [0.15, 0.2) is 0 Å². The minimum Gasteiger partial charge on any atom is -0.420 e. The molecule has 2 aromatic rings. The van der Waals surface area contributed by atoms with Crippen LogP contribution in [0.5, 0.6) is 0 Å². The number of likely N-dealkylation sites (tertiary alicyclic amines) is 1. The van der Waals surface area contributed by atoms with Gasteiger partial charge in [-0.25, -0.2) is 0 Å². The maximum Gasteiger partial charge on any atom is 0.271 e. The summed E-state index contributed by atoms with van der Waals surface area (Å²) in [6, 6.07) is 3.84. The molecule has 2 aliphatic rings. The van der Waals surface area contributed by atoms with Gasteiger partial charge < -0.3 is 18.6 Å². The predicted molar refractivity (Wildman–Crippen MR) is 89.8 cm³/mol. The number of ether oxygens (including phenoxy) is 1. The van der Waals surface area contributed by atoms with Gasteiger partial charge >= 0.3 is 0 Å². The first-order valence-corrected chi connectivity index (χ1v) is 8.99. The van der Waals surface area contributed by atoms with E-state index < -0.39 is 5.54 Å². The molecule has 4 rings (SSSR count). The molecule has 2 aromatic heterocycles. The van der Waals surface area contributed by atoms with Gasteiger partial charge in [0.05, 0.1) is 0 Å². The molecule has 134 valence electrons. The van der Waals surface area contributed by atoms with Crippen LogP contribution in [0, 0.1) is 5.92 Å². The molecule has 0 unspecified atom stereocenters. The molecule has 1 saturated heterocycles. The van der Waals surface area contributed by atoms with Gasteiger partial charge in [-0.05, 0) is 43.7 Å². The zero-order chi connectivity index (χ0) is 17.4. The molecule has 0 spiro atoms. The number of carbonyl (C=O) groups excluding carboxylic acids is 1. The van der Waals surface area contributed by atoms with Crippen molar-refractivity contribution in [1.82, 2.24) is 19.7 Å². The number of rotatable bonds is 6. The second kappa shape index (κ2) is 6.29. The smallest absolute Gasteiger partial charge is 0.271 e. The normalized spacial score (nSPS) is 25.0. The van der Waals surface area contributed by atoms with Crippen LogP contribution >= 0.6 is 0 Å². The third kappa shape index (κ3) is 2.40. The first-order chi connectivity index (χ1) is 12.2. The standard InChI is InChI=1S/C18H24N4O3/c1-3-9-21-10-4-5-14(21)16(23)22-11-7-13-6-8-18(13,22)17-20-19-15(25-17)12-24-2/h4-5,10,13H,3,6-9,11-12H2,1-2H3/t13-,18-/m0/s1. The van der Waals surface area contributed by atoms with Crippen LogP contribution < -0.4 is 0 Å². The molecule has 0 bridgehead atoms. The Morgan fingerprint density at radius 2 is 2.32 bits per heavy atom. The van der Waals surface area contributed by atoms with E-state index in [1.807, 2.05) is 27.8 Å². The van der Waals surface area contributed by atoms with Gasteiger partial charge in [0, 0.05) is 26.4 Å². The van der Waals surface area contributed by atoms with Crippen LogP contribution in [0.25, 0.3) is 0 Å². The van der Waals surface area contributed by atoms with Gasteiger partial charge in [0.2, 0.25) is 11.8 Å². The third-order valence-corrected chi connectivity index (χ3v) is 5.60. The lowest BCUT2D eigenvalue weighted by Gasteiger charge is -2.47. The fourth-order valence-electron chi connectivity index (χ4n) is 4.32. The Morgan fingerprint density at radius 3 is 3.04 bits per heavy atom. The van der Waals surface area contributed by atoms with Crippen molar-refractivity contribution in [3.05, 3.63) is 35.8 Å². The summed E-state index contributed by atoms with van der Waals surface area (Å²) in [5, 5.41) is 8.35. The Bertz CT molecular complexity index is 768. The summed E-state index contributed by atoms with van der Waals surface area (Å²) in [4.78, 5) is 15.3. The van der Waals surface area contributed by atoms with Crippen molar-refractivity contribution in [1.29, 1.82) is 0 Å². The molecule has 7 nitrogen and oxygen atoms in total. The average molecular weight is 344 g/mol. The molecule has 1 amide bonds. The van der Waals surface area contributed by atoms with Crippen LogP contribution in [-0.2, 0) is 23.4 Å². The minimum absolute atomic E-state index is 0.0622. The molecule has 1 saturated carbocycles. The Kier molecular flexibility index (Phi) is 4.11. The number of hydrogen-bond acceptors (Lipinski definition) is 5. The SMILES string of the molecule is CCCn1cccc1C(=O)N1CC[C@@H]2CC[C@@]21c1nnc(COC)o1. The largest absolute Gasteiger partial charge is 0.420 e. The number of carbonyl (C=O) groups is 1. The van der Waals surface area contributed by atoms with Crippen molar-refractivity contribution >= 4 is 5.91 Å². The summed E-state index contributed by atoms with van der Waals surface area (Å²) in [5.41, 5.74) is 0.308. The first kappa shape index (κ1) is 16.3. The third-order valence-electron chi connectivity index (χ3n) is 5.60. The maximum absolute atomic E-state index is 13.3. The molecule has 3 heterocycles. The maximum atomic E-state index is 13.3. The highest BCUT2D eigenvalue weighted by Crippen LogP contribution is 2.56. The van der Waals surface area contributed by atoms with Gasteiger partial charge in [0.1, 0.15) is 17.8 Å². The lowest BCUT2D eigenvalue weighted by atomic mass is 9.67. The minimum atomic E-state index is -0.433. The van der Waals surface area contributed by atoms with E-state index in [0.717, 1.165) is 44.5 Å². The van der Waals surface area contributed by atoms with Crippen molar-refractivity contribution in [3.8, 4) is 0 Å². The van der Waals surface area contributed by atoms with Gasteiger partial charge in [-0.3, -0.25) is 4.79 Å². The second-order valence-corrected chi connectivity index (χ2v) is 6.93. The fraction of sp³-hybridized carbons (Fsp3) is 0.611. The van der Waals surface area contributed by atoms with Crippen molar-refractivity contribution in [2.45, 2.75) is 51.3 Å². The van der Waals surface area contributed by atoms with Crippen LogP contribution in [0.4, 0.5) is 0 Å². The summed E-state index contributed by atoms with van der Waals surface area (Å²) < 4.78 is 13.0. The first-order valence-electron chi connectivity index (χ1n) is 8.99. The van der Waals surface area contributed by atoms with Crippen LogP contribution in [0.2, 0.25) is 0 Å². The molecule has 2 atom stereocenters. The Hall–Kier alpha value is -2.15. The molecular formula is C18H24N4O3. The van der Waals surface area contributed by atoms with Crippen LogP contribution in [0.3, 0.4) is 0 Å². The number of fused-ring (bicyclic) bond motifs is 1. The lowest BCUT2D eigenvalue weighted by Crippen LogP contribution is -2.54. The van der Waals surface area contributed by atoms with Crippen LogP contribution in [0.1, 0.15) is 54.9 Å². The van der Waals surface area contributed by atoms with Crippen molar-refractivity contribution < 1.29 is 13.9 Å². The zero-order valence-electron chi connectivity index (χ0n) is 14.8. The highest BCUT2D eigenvalue weighted by atomic mass is 16.5. The van der Waals surface area contributed by atoms with E-state index in [4.69, 9.17) is 9.15 Å². The van der Waals surface area contributed by atoms with Crippen molar-refractivity contribution in [3.63, 3.8) is 0 Å². The monoisotopic (exact) mass is 344 g/mol. The van der Waals surface area contributed by atoms with Crippen molar-refractivity contribution in [2.75, 3.05) is 13.7 Å².